The molecule has 9 heteroatoms. The standard InChI is InChI=1S/C11H16N4O3P2/c1-9-10-11(13-7-12-9)15(8-14-10)5-3-2-4-6-20(16,17)18-19/h2-3,7-8H,4-6,19H2,1H3,(H,16,17)/b3-2-/i19D. The normalized spacial score (nSPS) is 16.2. The molecule has 2 aromatic heterocycles. The summed E-state index contributed by atoms with van der Waals surface area (Å²) in [7, 11) is -4.33. The summed E-state index contributed by atoms with van der Waals surface area (Å²) in [5.74, 6) is 0. The van der Waals surface area contributed by atoms with E-state index < -0.39 is 17.0 Å². The fraction of sp³-hybridized carbons (Fsp3) is 0.364. The minimum atomic E-state index is -3.60. The van der Waals surface area contributed by atoms with Crippen LogP contribution in [0.2, 0.25) is 0 Å². The van der Waals surface area contributed by atoms with Crippen LogP contribution in [-0.2, 0) is 15.4 Å². The molecule has 0 aromatic carbocycles. The summed E-state index contributed by atoms with van der Waals surface area (Å²) in [6.45, 7) is 2.45. The Hall–Kier alpha value is -1.13. The quantitative estimate of drug-likeness (QED) is 0.621. The van der Waals surface area contributed by atoms with E-state index in [0.717, 1.165) is 16.9 Å². The van der Waals surface area contributed by atoms with Gasteiger partial charge >= 0.3 is 7.60 Å². The van der Waals surface area contributed by atoms with Gasteiger partial charge in [-0.2, -0.15) is 0 Å². The average Bonchev–Trinajstić information content (AvgIpc) is 2.83. The van der Waals surface area contributed by atoms with Crippen LogP contribution in [0.3, 0.4) is 0 Å². The maximum Gasteiger partial charge on any atom is 0.331 e. The predicted molar refractivity (Wildman–Crippen MR) is 79.3 cm³/mol. The van der Waals surface area contributed by atoms with Crippen molar-refractivity contribution in [3.05, 3.63) is 30.5 Å². The third-order valence-electron chi connectivity index (χ3n) is 2.77. The third kappa shape index (κ3) is 3.70. The van der Waals surface area contributed by atoms with Crippen LogP contribution >= 0.6 is 17.0 Å². The summed E-state index contributed by atoms with van der Waals surface area (Å²) >= 11 is 0. The molecule has 2 aromatic rings. The van der Waals surface area contributed by atoms with Crippen LogP contribution in [0.15, 0.2) is 24.8 Å². The van der Waals surface area contributed by atoms with Crippen molar-refractivity contribution in [3.8, 4) is 0 Å². The van der Waals surface area contributed by atoms with Crippen LogP contribution in [-0.4, -0.2) is 31.9 Å². The second-order valence-corrected chi connectivity index (χ2v) is 6.69. The van der Waals surface area contributed by atoms with E-state index >= 15 is 0 Å². The Morgan fingerprint density at radius 1 is 1.55 bits per heavy atom. The molecule has 2 unspecified atom stereocenters. The first-order chi connectivity index (χ1) is 10.0. The van der Waals surface area contributed by atoms with Gasteiger partial charge in [-0.1, -0.05) is 12.2 Å². The molecule has 108 valence electrons. The molecule has 20 heavy (non-hydrogen) atoms. The first-order valence-electron chi connectivity index (χ1n) is 6.48. The van der Waals surface area contributed by atoms with Gasteiger partial charge in [0, 0.05) is 16.0 Å². The van der Waals surface area contributed by atoms with E-state index in [1.54, 1.807) is 12.4 Å². The lowest BCUT2D eigenvalue weighted by Crippen LogP contribution is -1.96. The number of imidazole rings is 1. The second kappa shape index (κ2) is 6.55. The van der Waals surface area contributed by atoms with E-state index in [9.17, 15) is 9.46 Å². The number of hydrogen-bond acceptors (Lipinski definition) is 5. The summed E-state index contributed by atoms with van der Waals surface area (Å²) in [6.07, 6.45) is 7.31. The van der Waals surface area contributed by atoms with Gasteiger partial charge in [0.05, 0.1) is 19.5 Å². The highest BCUT2D eigenvalue weighted by Crippen LogP contribution is 2.44. The Labute approximate surface area is 120 Å². The molecule has 1 N–H and O–H groups in total. The zero-order valence-electron chi connectivity index (χ0n) is 11.9. The van der Waals surface area contributed by atoms with Crippen LogP contribution in [0.4, 0.5) is 0 Å². The number of hydrogen-bond donors (Lipinski definition) is 1. The SMILES string of the molecule is [2H]POP(=O)(O)CC/C=C\Cn1cnc2c(C)ncnc21. The summed E-state index contributed by atoms with van der Waals surface area (Å²) < 4.78 is 24.5. The lowest BCUT2D eigenvalue weighted by atomic mass is 10.4. The Balaban J connectivity index is 1.92. The Morgan fingerprint density at radius 3 is 3.20 bits per heavy atom. The molecule has 7 nitrogen and oxygen atoms in total. The number of fused-ring (bicyclic) bond motifs is 1. The van der Waals surface area contributed by atoms with Gasteiger partial charge in [0.25, 0.3) is 0 Å². The van der Waals surface area contributed by atoms with Gasteiger partial charge in [-0.25, -0.2) is 15.0 Å². The van der Waals surface area contributed by atoms with Crippen molar-refractivity contribution >= 4 is 28.2 Å². The molecule has 0 spiro atoms. The van der Waals surface area contributed by atoms with E-state index in [1.807, 2.05) is 17.6 Å². The first-order valence-corrected chi connectivity index (χ1v) is 8.15. The van der Waals surface area contributed by atoms with Crippen molar-refractivity contribution in [2.24, 2.45) is 0 Å². The zero-order valence-corrected chi connectivity index (χ0v) is 12.8. The maximum atomic E-state index is 11.4. The third-order valence-corrected chi connectivity index (χ3v) is 4.74. The molecule has 0 amide bonds. The number of allylic oxidation sites excluding steroid dienone is 2. The molecule has 0 aliphatic carbocycles. The Morgan fingerprint density at radius 2 is 2.40 bits per heavy atom. The summed E-state index contributed by atoms with van der Waals surface area (Å²) in [5.41, 5.74) is 2.37. The van der Waals surface area contributed by atoms with Gasteiger partial charge in [-0.15, -0.1) is 0 Å². The highest BCUT2D eigenvalue weighted by molar-refractivity contribution is 7.56. The molecule has 0 saturated carbocycles. The van der Waals surface area contributed by atoms with Gasteiger partial charge in [0.15, 0.2) is 5.65 Å². The molecule has 0 aliphatic rings. The number of aryl methyl sites for hydroxylation is 1. The van der Waals surface area contributed by atoms with Gasteiger partial charge in [0.2, 0.25) is 0 Å². The van der Waals surface area contributed by atoms with Crippen LogP contribution in [0.1, 0.15) is 12.1 Å². The molecule has 0 fully saturated rings. The maximum absolute atomic E-state index is 11.4. The van der Waals surface area contributed by atoms with E-state index in [4.69, 9.17) is 1.28 Å². The number of nitrogens with zero attached hydrogens (tertiary/aromatic N) is 4. The minimum Gasteiger partial charge on any atom is -0.324 e. The summed E-state index contributed by atoms with van der Waals surface area (Å²) in [4.78, 5) is 21.9. The van der Waals surface area contributed by atoms with Crippen molar-refractivity contribution in [1.29, 1.82) is 1.28 Å². The smallest absolute Gasteiger partial charge is 0.324 e. The van der Waals surface area contributed by atoms with E-state index in [-0.39, 0.29) is 6.16 Å². The minimum absolute atomic E-state index is 0.0152. The molecular weight excluding hydrogens is 298 g/mol. The molecule has 2 rings (SSSR count). The average molecular weight is 315 g/mol. The van der Waals surface area contributed by atoms with Crippen molar-refractivity contribution in [3.63, 3.8) is 0 Å². The van der Waals surface area contributed by atoms with Gasteiger partial charge < -0.3 is 9.46 Å². The highest BCUT2D eigenvalue weighted by atomic mass is 31.2. The fourth-order valence-electron chi connectivity index (χ4n) is 1.72. The molecule has 0 saturated heterocycles. The van der Waals surface area contributed by atoms with Crippen LogP contribution in [0, 0.1) is 6.92 Å². The van der Waals surface area contributed by atoms with E-state index in [0.29, 0.717) is 13.0 Å². The van der Waals surface area contributed by atoms with Crippen molar-refractivity contribution in [2.75, 3.05) is 6.16 Å². The van der Waals surface area contributed by atoms with Crippen LogP contribution in [0.25, 0.3) is 11.2 Å². The van der Waals surface area contributed by atoms with Gasteiger partial charge in [0.1, 0.15) is 11.8 Å². The highest BCUT2D eigenvalue weighted by Gasteiger charge is 2.14. The van der Waals surface area contributed by atoms with E-state index in [2.05, 4.69) is 19.3 Å². The molecule has 0 bridgehead atoms. The van der Waals surface area contributed by atoms with Crippen LogP contribution < -0.4 is 0 Å². The van der Waals surface area contributed by atoms with Crippen LogP contribution in [0.5, 0.6) is 0 Å². The topological polar surface area (TPSA) is 90.1 Å². The molecule has 2 heterocycles. The Bertz CT molecular complexity index is 691. The van der Waals surface area contributed by atoms with Crippen molar-refractivity contribution in [1.82, 2.24) is 19.5 Å². The molecular formula is C11H16N4O3P2. The Kier molecular flexibility index (Phi) is 4.53. The lowest BCUT2D eigenvalue weighted by Gasteiger charge is -2.05. The monoisotopic (exact) mass is 315 g/mol. The zero-order chi connectivity index (χ0) is 15.3. The van der Waals surface area contributed by atoms with Gasteiger partial charge in [-0.05, 0) is 13.3 Å². The fourth-order valence-corrected chi connectivity index (χ4v) is 2.56. The first kappa shape index (κ1) is 13.8. The largest absolute Gasteiger partial charge is 0.331 e. The van der Waals surface area contributed by atoms with E-state index in [1.165, 1.54) is 6.33 Å². The second-order valence-electron chi connectivity index (χ2n) is 4.24. The number of aromatic nitrogens is 4. The lowest BCUT2D eigenvalue weighted by molar-refractivity contribution is 0.400. The summed E-state index contributed by atoms with van der Waals surface area (Å²) in [5, 5.41) is 0. The van der Waals surface area contributed by atoms with Crippen molar-refractivity contribution in [2.45, 2.75) is 19.9 Å². The van der Waals surface area contributed by atoms with Crippen molar-refractivity contribution < 1.29 is 13.8 Å². The summed E-state index contributed by atoms with van der Waals surface area (Å²) in [6, 6.07) is 0. The van der Waals surface area contributed by atoms with Gasteiger partial charge in [-0.3, -0.25) is 8.88 Å². The number of rotatable bonds is 7. The molecule has 0 aliphatic heterocycles. The molecule has 2 atom stereocenters. The predicted octanol–water partition coefficient (Wildman–Crippen LogP) is 2.07. The molecule has 0 radical (unpaired) electrons.